The fourth-order valence-corrected chi connectivity index (χ4v) is 2.89. The van der Waals surface area contributed by atoms with Crippen LogP contribution in [-0.2, 0) is 0 Å². The van der Waals surface area contributed by atoms with Crippen molar-refractivity contribution in [2.45, 2.75) is 35.2 Å². The molecule has 0 aromatic carbocycles. The third kappa shape index (κ3) is 3.66. The summed E-state index contributed by atoms with van der Waals surface area (Å²) in [6.45, 7) is 1.64. The van der Waals surface area contributed by atoms with Gasteiger partial charge in [0, 0.05) is 17.6 Å². The Hall–Kier alpha value is -0.270. The second kappa shape index (κ2) is 5.18. The van der Waals surface area contributed by atoms with E-state index in [1.165, 1.54) is 17.5 Å². The van der Waals surface area contributed by atoms with Crippen molar-refractivity contribution in [2.24, 2.45) is 5.73 Å². The van der Waals surface area contributed by atoms with E-state index < -0.39 is 17.5 Å². The maximum Gasteiger partial charge on any atom is 0.402 e. The quantitative estimate of drug-likeness (QED) is 0.842. The zero-order valence-electron chi connectivity index (χ0n) is 7.99. The number of nitrogens with zero attached hydrogens (tertiary/aromatic N) is 1. The summed E-state index contributed by atoms with van der Waals surface area (Å²) in [6.07, 6.45) is -2.51. The molecular formula is C8H11F3N2S2. The summed E-state index contributed by atoms with van der Waals surface area (Å²) >= 11 is 1.88. The Bertz CT molecular complexity index is 287. The van der Waals surface area contributed by atoms with Crippen molar-refractivity contribution in [2.75, 3.05) is 0 Å². The number of hydrogen-bond acceptors (Lipinski definition) is 4. The lowest BCUT2D eigenvalue weighted by atomic mass is 10.1. The van der Waals surface area contributed by atoms with Crippen LogP contribution in [-0.4, -0.2) is 22.5 Å². The summed E-state index contributed by atoms with van der Waals surface area (Å²) in [5.41, 5.74) is 5.46. The van der Waals surface area contributed by atoms with Gasteiger partial charge in [-0.3, -0.25) is 0 Å². The maximum absolute atomic E-state index is 12.6. The molecule has 1 aromatic rings. The van der Waals surface area contributed by atoms with Gasteiger partial charge in [-0.1, -0.05) is 18.7 Å². The van der Waals surface area contributed by atoms with Crippen LogP contribution in [0.1, 0.15) is 13.3 Å². The van der Waals surface area contributed by atoms with Crippen LogP contribution >= 0.6 is 23.1 Å². The number of aromatic nitrogens is 1. The van der Waals surface area contributed by atoms with Gasteiger partial charge < -0.3 is 5.73 Å². The first-order valence-corrected chi connectivity index (χ1v) is 6.09. The van der Waals surface area contributed by atoms with Crippen LogP contribution in [0.25, 0.3) is 0 Å². The number of hydrogen-bond donors (Lipinski definition) is 1. The van der Waals surface area contributed by atoms with E-state index in [0.29, 0.717) is 22.5 Å². The van der Waals surface area contributed by atoms with Crippen LogP contribution in [0.3, 0.4) is 0 Å². The minimum Gasteiger partial charge on any atom is -0.326 e. The van der Waals surface area contributed by atoms with Crippen molar-refractivity contribution in [3.8, 4) is 0 Å². The third-order valence-electron chi connectivity index (χ3n) is 1.82. The van der Waals surface area contributed by atoms with E-state index in [9.17, 15) is 13.2 Å². The molecule has 0 fully saturated rings. The fraction of sp³-hybridized carbons (Fsp3) is 0.625. The summed E-state index contributed by atoms with van der Waals surface area (Å²) in [5, 5.41) is 0.0707. The van der Waals surface area contributed by atoms with Crippen LogP contribution in [0.15, 0.2) is 15.9 Å². The van der Waals surface area contributed by atoms with Crippen molar-refractivity contribution in [3.05, 3.63) is 11.6 Å². The molecule has 0 aliphatic carbocycles. The van der Waals surface area contributed by atoms with E-state index >= 15 is 0 Å². The zero-order chi connectivity index (χ0) is 11.5. The van der Waals surface area contributed by atoms with Gasteiger partial charge in [-0.05, 0) is 6.42 Å². The highest BCUT2D eigenvalue weighted by Gasteiger charge is 2.44. The molecule has 15 heavy (non-hydrogen) atoms. The molecule has 2 unspecified atom stereocenters. The molecular weight excluding hydrogens is 245 g/mol. The molecule has 2 atom stereocenters. The number of halogens is 3. The van der Waals surface area contributed by atoms with E-state index in [0.717, 1.165) is 0 Å². The largest absolute Gasteiger partial charge is 0.402 e. The van der Waals surface area contributed by atoms with Crippen molar-refractivity contribution >= 4 is 23.1 Å². The van der Waals surface area contributed by atoms with Crippen LogP contribution in [0.2, 0.25) is 0 Å². The molecule has 86 valence electrons. The average Bonchev–Trinajstić information content (AvgIpc) is 2.63. The fourth-order valence-electron chi connectivity index (χ4n) is 0.988. The highest BCUT2D eigenvalue weighted by atomic mass is 32.2. The van der Waals surface area contributed by atoms with E-state index in [4.69, 9.17) is 5.73 Å². The molecule has 0 amide bonds. The van der Waals surface area contributed by atoms with E-state index in [1.807, 2.05) is 0 Å². The van der Waals surface area contributed by atoms with Gasteiger partial charge in [0.05, 0.1) is 0 Å². The molecule has 7 heteroatoms. The topological polar surface area (TPSA) is 38.9 Å². The summed E-state index contributed by atoms with van der Waals surface area (Å²) in [7, 11) is 0. The minimum absolute atomic E-state index is 0.294. The first-order valence-electron chi connectivity index (χ1n) is 4.33. The molecule has 0 aliphatic heterocycles. The predicted molar refractivity (Wildman–Crippen MR) is 56.1 cm³/mol. The van der Waals surface area contributed by atoms with E-state index in [2.05, 4.69) is 4.98 Å². The Morgan fingerprint density at radius 2 is 2.27 bits per heavy atom. The Morgan fingerprint density at radius 3 is 2.67 bits per heavy atom. The van der Waals surface area contributed by atoms with Crippen LogP contribution in [0.5, 0.6) is 0 Å². The average molecular weight is 256 g/mol. The molecule has 0 bridgehead atoms. The second-order valence-electron chi connectivity index (χ2n) is 2.95. The molecule has 2 nitrogen and oxygen atoms in total. The lowest BCUT2D eigenvalue weighted by molar-refractivity contribution is -0.132. The van der Waals surface area contributed by atoms with Crippen molar-refractivity contribution in [1.82, 2.24) is 4.98 Å². The highest BCUT2D eigenvalue weighted by molar-refractivity contribution is 8.01. The summed E-state index contributed by atoms with van der Waals surface area (Å²) < 4.78 is 38.3. The van der Waals surface area contributed by atoms with Crippen molar-refractivity contribution < 1.29 is 13.2 Å². The Labute approximate surface area is 94.1 Å². The monoisotopic (exact) mass is 256 g/mol. The van der Waals surface area contributed by atoms with Gasteiger partial charge in [-0.15, -0.1) is 11.3 Å². The first-order chi connectivity index (χ1) is 6.95. The standard InChI is InChI=1S/C8H11F3N2S2/c1-2-5(12)6(8(9,10)11)15-7-13-3-4-14-7/h3-6H,2,12H2,1H3. The summed E-state index contributed by atoms with van der Waals surface area (Å²) in [4.78, 5) is 3.81. The SMILES string of the molecule is CCC(N)C(Sc1nccs1)C(F)(F)F. The number of nitrogens with two attached hydrogens (primary N) is 1. The Morgan fingerprint density at radius 1 is 1.60 bits per heavy atom. The lowest BCUT2D eigenvalue weighted by Crippen LogP contribution is -2.42. The maximum atomic E-state index is 12.6. The zero-order valence-corrected chi connectivity index (χ0v) is 9.62. The van der Waals surface area contributed by atoms with Crippen LogP contribution < -0.4 is 5.73 Å². The first kappa shape index (κ1) is 12.8. The number of rotatable bonds is 4. The molecule has 0 aliphatic rings. The normalized spacial score (nSPS) is 16.3. The summed E-state index contributed by atoms with van der Waals surface area (Å²) in [6, 6.07) is -0.890. The van der Waals surface area contributed by atoms with Gasteiger partial charge in [0.1, 0.15) is 9.59 Å². The lowest BCUT2D eigenvalue weighted by Gasteiger charge is -2.23. The summed E-state index contributed by atoms with van der Waals surface area (Å²) in [5.74, 6) is 0. The highest BCUT2D eigenvalue weighted by Crippen LogP contribution is 2.38. The van der Waals surface area contributed by atoms with Crippen LogP contribution in [0.4, 0.5) is 13.2 Å². The molecule has 0 saturated heterocycles. The number of alkyl halides is 3. The van der Waals surface area contributed by atoms with Gasteiger partial charge in [0.15, 0.2) is 0 Å². The molecule has 0 spiro atoms. The molecule has 1 aromatic heterocycles. The van der Waals surface area contributed by atoms with Crippen molar-refractivity contribution in [1.29, 1.82) is 0 Å². The predicted octanol–water partition coefficient (Wildman–Crippen LogP) is 2.90. The van der Waals surface area contributed by atoms with Gasteiger partial charge in [0.25, 0.3) is 0 Å². The van der Waals surface area contributed by atoms with Gasteiger partial charge in [-0.25, -0.2) is 4.98 Å². The van der Waals surface area contributed by atoms with Gasteiger partial charge >= 0.3 is 6.18 Å². The number of thioether (sulfide) groups is 1. The molecule has 2 N–H and O–H groups in total. The minimum atomic E-state index is -4.29. The molecule has 0 saturated carbocycles. The Kier molecular flexibility index (Phi) is 4.42. The number of thiazole rings is 1. The molecule has 1 heterocycles. The molecule has 1 rings (SSSR count). The molecule has 0 radical (unpaired) electrons. The van der Waals surface area contributed by atoms with Gasteiger partial charge in [0.2, 0.25) is 0 Å². The smallest absolute Gasteiger partial charge is 0.326 e. The Balaban J connectivity index is 2.74. The van der Waals surface area contributed by atoms with E-state index in [1.54, 1.807) is 12.3 Å². The third-order valence-corrected chi connectivity index (χ3v) is 4.14. The van der Waals surface area contributed by atoms with Crippen molar-refractivity contribution in [3.63, 3.8) is 0 Å². The van der Waals surface area contributed by atoms with Gasteiger partial charge in [-0.2, -0.15) is 13.2 Å². The van der Waals surface area contributed by atoms with E-state index in [-0.39, 0.29) is 0 Å². The second-order valence-corrected chi connectivity index (χ2v) is 5.23. The van der Waals surface area contributed by atoms with Crippen LogP contribution in [0, 0.1) is 0 Å².